The van der Waals surface area contributed by atoms with E-state index in [1.165, 1.54) is 24.5 Å². The van der Waals surface area contributed by atoms with Crippen LogP contribution in [0.25, 0.3) is 0 Å². The maximum atomic E-state index is 12.8. The van der Waals surface area contributed by atoms with E-state index in [1.807, 2.05) is 0 Å². The first-order valence-electron chi connectivity index (χ1n) is 8.99. The molecule has 0 unspecified atom stereocenters. The quantitative estimate of drug-likeness (QED) is 0.635. The molecule has 0 saturated carbocycles. The lowest BCUT2D eigenvalue weighted by molar-refractivity contribution is 0.0520. The van der Waals surface area contributed by atoms with Gasteiger partial charge in [0.1, 0.15) is 4.21 Å². The zero-order chi connectivity index (χ0) is 20.4. The first-order chi connectivity index (χ1) is 14.0. The molecular weight excluding hydrogens is 412 g/mol. The van der Waals surface area contributed by atoms with Gasteiger partial charge in [-0.05, 0) is 36.4 Å². The number of carbonyl (C=O) groups is 2. The number of piperazine rings is 1. The van der Waals surface area contributed by atoms with E-state index in [0.717, 1.165) is 11.3 Å². The zero-order valence-corrected chi connectivity index (χ0v) is 17.0. The van der Waals surface area contributed by atoms with E-state index >= 15 is 0 Å². The first kappa shape index (κ1) is 19.4. The van der Waals surface area contributed by atoms with E-state index in [0.29, 0.717) is 31.1 Å². The summed E-state index contributed by atoms with van der Waals surface area (Å²) in [5, 5.41) is 0. The highest BCUT2D eigenvalue weighted by Crippen LogP contribution is 2.28. The van der Waals surface area contributed by atoms with Gasteiger partial charge in [0.05, 0.1) is 16.0 Å². The molecule has 0 atom stereocenters. The Morgan fingerprint density at radius 2 is 1.48 bits per heavy atom. The molecule has 4 rings (SSSR count). The minimum Gasteiger partial charge on any atom is -0.459 e. The molecule has 1 saturated heterocycles. The fraction of sp³-hybridized carbons (Fsp3) is 0.200. The first-order valence-corrected chi connectivity index (χ1v) is 11.3. The Kier molecular flexibility index (Phi) is 5.25. The molecular formula is C20H18N2O5S2. The highest BCUT2D eigenvalue weighted by molar-refractivity contribution is 7.93. The largest absolute Gasteiger partial charge is 0.459 e. The number of thiophene rings is 1. The smallest absolute Gasteiger partial charge is 0.289 e. The van der Waals surface area contributed by atoms with Gasteiger partial charge in [-0.1, -0.05) is 18.2 Å². The summed E-state index contributed by atoms with van der Waals surface area (Å²) in [4.78, 5) is 29.0. The summed E-state index contributed by atoms with van der Waals surface area (Å²) in [6.45, 7) is 1.55. The zero-order valence-electron chi connectivity index (χ0n) is 15.4. The molecule has 0 radical (unpaired) electrons. The molecule has 0 spiro atoms. The number of benzene rings is 1. The fourth-order valence-corrected chi connectivity index (χ4v) is 5.82. The van der Waals surface area contributed by atoms with Gasteiger partial charge in [0, 0.05) is 26.2 Å². The van der Waals surface area contributed by atoms with Crippen LogP contribution in [0.1, 0.15) is 20.2 Å². The van der Waals surface area contributed by atoms with Gasteiger partial charge in [-0.25, -0.2) is 8.42 Å². The summed E-state index contributed by atoms with van der Waals surface area (Å²) in [6.07, 6.45) is 1.45. The molecule has 1 aliphatic heterocycles. The minimum absolute atomic E-state index is 0.138. The van der Waals surface area contributed by atoms with Crippen molar-refractivity contribution in [1.29, 1.82) is 0 Å². The summed E-state index contributed by atoms with van der Waals surface area (Å²) < 4.78 is 30.7. The van der Waals surface area contributed by atoms with E-state index in [1.54, 1.807) is 46.2 Å². The third-order valence-electron chi connectivity index (χ3n) is 4.70. The van der Waals surface area contributed by atoms with Gasteiger partial charge < -0.3 is 14.2 Å². The van der Waals surface area contributed by atoms with Gasteiger partial charge in [-0.2, -0.15) is 0 Å². The second-order valence-electron chi connectivity index (χ2n) is 6.50. The highest BCUT2D eigenvalue weighted by atomic mass is 32.2. The van der Waals surface area contributed by atoms with Crippen molar-refractivity contribution < 1.29 is 22.4 Å². The van der Waals surface area contributed by atoms with Crippen LogP contribution >= 0.6 is 11.3 Å². The van der Waals surface area contributed by atoms with Crippen molar-refractivity contribution in [2.75, 3.05) is 26.2 Å². The predicted molar refractivity (Wildman–Crippen MR) is 107 cm³/mol. The van der Waals surface area contributed by atoms with Crippen molar-refractivity contribution in [3.8, 4) is 0 Å². The predicted octanol–water partition coefficient (Wildman–Crippen LogP) is 2.77. The Morgan fingerprint density at radius 1 is 0.828 bits per heavy atom. The normalized spacial score (nSPS) is 14.8. The van der Waals surface area contributed by atoms with Gasteiger partial charge in [0.2, 0.25) is 9.84 Å². The Morgan fingerprint density at radius 3 is 2.10 bits per heavy atom. The van der Waals surface area contributed by atoms with Crippen LogP contribution in [0.4, 0.5) is 0 Å². The fourth-order valence-electron chi connectivity index (χ4n) is 3.12. The summed E-state index contributed by atoms with van der Waals surface area (Å²) in [5.74, 6) is -0.150. The molecule has 0 N–H and O–H groups in total. The van der Waals surface area contributed by atoms with Crippen LogP contribution in [0.5, 0.6) is 0 Å². The highest BCUT2D eigenvalue weighted by Gasteiger charge is 2.28. The monoisotopic (exact) mass is 430 g/mol. The molecule has 1 aliphatic rings. The van der Waals surface area contributed by atoms with Crippen LogP contribution in [-0.2, 0) is 9.84 Å². The third kappa shape index (κ3) is 3.83. The lowest BCUT2D eigenvalue weighted by Crippen LogP contribution is -2.50. The van der Waals surface area contributed by atoms with Gasteiger partial charge in [0.25, 0.3) is 11.8 Å². The minimum atomic E-state index is -3.64. The van der Waals surface area contributed by atoms with Crippen molar-refractivity contribution >= 4 is 33.0 Å². The number of sulfone groups is 1. The second-order valence-corrected chi connectivity index (χ2v) is 9.76. The van der Waals surface area contributed by atoms with Crippen molar-refractivity contribution in [3.05, 3.63) is 71.5 Å². The Balaban J connectivity index is 1.43. The maximum absolute atomic E-state index is 12.8. The van der Waals surface area contributed by atoms with Gasteiger partial charge in [-0.3, -0.25) is 9.59 Å². The molecule has 3 aromatic rings. The summed E-state index contributed by atoms with van der Waals surface area (Å²) in [7, 11) is -3.64. The third-order valence-corrected chi connectivity index (χ3v) is 8.03. The van der Waals surface area contributed by atoms with Crippen LogP contribution in [0.2, 0.25) is 0 Å². The number of carbonyl (C=O) groups excluding carboxylic acids is 2. The van der Waals surface area contributed by atoms with E-state index < -0.39 is 9.84 Å². The molecule has 2 amide bonds. The van der Waals surface area contributed by atoms with Crippen LogP contribution in [0.15, 0.2) is 74.4 Å². The van der Waals surface area contributed by atoms with Gasteiger partial charge in [0.15, 0.2) is 5.76 Å². The van der Waals surface area contributed by atoms with E-state index in [4.69, 9.17) is 4.42 Å². The number of nitrogens with zero attached hydrogens (tertiary/aromatic N) is 2. The molecule has 0 bridgehead atoms. The number of furan rings is 1. The van der Waals surface area contributed by atoms with Crippen molar-refractivity contribution in [1.82, 2.24) is 9.80 Å². The Labute approximate surface area is 172 Å². The van der Waals surface area contributed by atoms with Gasteiger partial charge in [-0.15, -0.1) is 11.3 Å². The number of amides is 2. The average molecular weight is 431 g/mol. The van der Waals surface area contributed by atoms with Crippen LogP contribution in [0, 0.1) is 0 Å². The standard InChI is InChI=1S/C20H18N2O5S2/c23-19(16-7-4-14-27-16)21-10-12-22(13-11-21)20(24)17-8-9-18(28-17)29(25,26)15-5-2-1-3-6-15/h1-9,14H,10-13H2. The summed E-state index contributed by atoms with van der Waals surface area (Å²) in [6, 6.07) is 14.4. The maximum Gasteiger partial charge on any atom is 0.289 e. The molecule has 9 heteroatoms. The SMILES string of the molecule is O=C(c1ccco1)N1CCN(C(=O)c2ccc(S(=O)(=O)c3ccccc3)s2)CC1. The Hall–Kier alpha value is -2.91. The van der Waals surface area contributed by atoms with Crippen molar-refractivity contribution in [3.63, 3.8) is 0 Å². The number of rotatable bonds is 4. The molecule has 150 valence electrons. The number of hydrogen-bond acceptors (Lipinski definition) is 6. The van der Waals surface area contributed by atoms with Gasteiger partial charge >= 0.3 is 0 Å². The van der Waals surface area contributed by atoms with Crippen LogP contribution in [-0.4, -0.2) is 56.2 Å². The molecule has 7 nitrogen and oxygen atoms in total. The van der Waals surface area contributed by atoms with E-state index in [-0.39, 0.29) is 26.7 Å². The Bertz CT molecular complexity index is 1110. The molecule has 1 fully saturated rings. The molecule has 1 aromatic carbocycles. The number of hydrogen-bond donors (Lipinski definition) is 0. The molecule has 29 heavy (non-hydrogen) atoms. The lowest BCUT2D eigenvalue weighted by atomic mass is 10.2. The van der Waals surface area contributed by atoms with Crippen molar-refractivity contribution in [2.45, 2.75) is 9.10 Å². The average Bonchev–Trinajstić information content (AvgIpc) is 3.46. The van der Waals surface area contributed by atoms with E-state index in [9.17, 15) is 18.0 Å². The van der Waals surface area contributed by atoms with Crippen molar-refractivity contribution in [2.24, 2.45) is 0 Å². The summed E-state index contributed by atoms with van der Waals surface area (Å²) in [5.41, 5.74) is 0. The van der Waals surface area contributed by atoms with Crippen LogP contribution in [0.3, 0.4) is 0 Å². The second kappa shape index (κ2) is 7.84. The molecule has 0 aliphatic carbocycles. The molecule has 2 aromatic heterocycles. The lowest BCUT2D eigenvalue weighted by Gasteiger charge is -2.34. The van der Waals surface area contributed by atoms with E-state index in [2.05, 4.69) is 0 Å². The summed E-state index contributed by atoms with van der Waals surface area (Å²) >= 11 is 0.967. The molecule has 3 heterocycles. The van der Waals surface area contributed by atoms with Crippen LogP contribution < -0.4 is 0 Å². The topological polar surface area (TPSA) is 87.9 Å².